The Labute approximate surface area is 447 Å². The molecule has 0 aliphatic heterocycles. The summed E-state index contributed by atoms with van der Waals surface area (Å²) in [5, 5.41) is 0. The van der Waals surface area contributed by atoms with Gasteiger partial charge in [-0.05, 0) is 93.8 Å². The zero-order valence-electron chi connectivity index (χ0n) is 50.8. The lowest BCUT2D eigenvalue weighted by atomic mass is 10.3. The molecule has 5 nitrogen and oxygen atoms in total. The van der Waals surface area contributed by atoms with Crippen molar-refractivity contribution in [1.29, 1.82) is 0 Å². The Morgan fingerprint density at radius 1 is 0.296 bits per heavy atom. The lowest BCUT2D eigenvalue weighted by Gasteiger charge is -1.83. The SMILES string of the molecule is C/C=C/CC.C/C=C/CC.C=CCC.CC.CC.CC.CC.CC.CC.CCCCC.CCCCC.Nc1ccccc1.Nc1ccccc1.Nc1ccccc1.Nc1ccccc1.Nc1ccccc1. The highest BCUT2D eigenvalue weighted by molar-refractivity contribution is 5.38. The summed E-state index contributed by atoms with van der Waals surface area (Å²) in [6.07, 6.45) is 21.8. The minimum atomic E-state index is 0.822. The molecule has 0 atom stereocenters. The fourth-order valence-electron chi connectivity index (χ4n) is 3.44. The molecule has 71 heavy (non-hydrogen) atoms. The molecule has 0 radical (unpaired) electrons. The van der Waals surface area contributed by atoms with E-state index in [0.717, 1.165) is 47.7 Å². The average Bonchev–Trinajstić information content (AvgIpc) is 3.43. The second-order valence-corrected chi connectivity index (χ2v) is 12.4. The monoisotopic (exact) mass is 986 g/mol. The van der Waals surface area contributed by atoms with Gasteiger partial charge in [-0.25, -0.2) is 0 Å². The van der Waals surface area contributed by atoms with Crippen LogP contribution in [0.15, 0.2) is 189 Å². The number of hydrogen-bond acceptors (Lipinski definition) is 5. The van der Waals surface area contributed by atoms with E-state index in [0.29, 0.717) is 0 Å². The Bertz CT molecular complexity index is 1220. The fraction of sp³-hybridized carbons (Fsp3) is 0.455. The first-order chi connectivity index (χ1) is 34.5. The largest absolute Gasteiger partial charge is 0.399 e. The van der Waals surface area contributed by atoms with Gasteiger partial charge in [0.05, 0.1) is 0 Å². The Kier molecular flexibility index (Phi) is 142. The lowest BCUT2D eigenvalue weighted by molar-refractivity contribution is 0.772. The Morgan fingerprint density at radius 3 is 0.465 bits per heavy atom. The highest BCUT2D eigenvalue weighted by atomic mass is 14.5. The topological polar surface area (TPSA) is 130 Å². The maximum atomic E-state index is 5.36. The lowest BCUT2D eigenvalue weighted by Crippen LogP contribution is -1.79. The van der Waals surface area contributed by atoms with E-state index in [9.17, 15) is 0 Å². The number of benzene rings is 5. The number of para-hydroxylation sites is 5. The fourth-order valence-corrected chi connectivity index (χ4v) is 3.44. The van der Waals surface area contributed by atoms with Crippen molar-refractivity contribution in [1.82, 2.24) is 0 Å². The molecule has 0 amide bonds. The summed E-state index contributed by atoms with van der Waals surface area (Å²) in [5.41, 5.74) is 30.9. The van der Waals surface area contributed by atoms with E-state index >= 15 is 0 Å². The van der Waals surface area contributed by atoms with Gasteiger partial charge in [0.25, 0.3) is 0 Å². The summed E-state index contributed by atoms with van der Waals surface area (Å²) < 4.78 is 0. The van der Waals surface area contributed by atoms with Crippen molar-refractivity contribution < 1.29 is 0 Å². The van der Waals surface area contributed by atoms with Gasteiger partial charge in [-0.15, -0.1) is 6.58 Å². The summed E-state index contributed by atoms with van der Waals surface area (Å²) in [6, 6.07) is 47.4. The van der Waals surface area contributed by atoms with Crippen LogP contribution < -0.4 is 28.7 Å². The molecule has 0 aliphatic rings. The number of rotatable bonds is 7. The Morgan fingerprint density at radius 2 is 0.437 bits per heavy atom. The van der Waals surface area contributed by atoms with Crippen LogP contribution in [0.3, 0.4) is 0 Å². The van der Waals surface area contributed by atoms with Gasteiger partial charge >= 0.3 is 0 Å². The van der Waals surface area contributed by atoms with Gasteiger partial charge in [0.15, 0.2) is 0 Å². The number of unbranched alkanes of at least 4 members (excludes halogenated alkanes) is 4. The minimum Gasteiger partial charge on any atom is -0.399 e. The molecular formula is C66H123N5. The quantitative estimate of drug-likeness (QED) is 0.0819. The third kappa shape index (κ3) is 133. The van der Waals surface area contributed by atoms with Crippen LogP contribution in [0.1, 0.15) is 203 Å². The van der Waals surface area contributed by atoms with Crippen LogP contribution >= 0.6 is 0 Å². The molecule has 0 heterocycles. The van der Waals surface area contributed by atoms with E-state index < -0.39 is 0 Å². The molecule has 5 aromatic carbocycles. The molecule has 0 unspecified atom stereocenters. The van der Waals surface area contributed by atoms with Gasteiger partial charge in [0.2, 0.25) is 0 Å². The highest BCUT2D eigenvalue weighted by Gasteiger charge is 1.75. The van der Waals surface area contributed by atoms with Crippen LogP contribution in [-0.4, -0.2) is 0 Å². The molecule has 0 saturated carbocycles. The number of anilines is 5. The zero-order valence-corrected chi connectivity index (χ0v) is 50.8. The summed E-state index contributed by atoms with van der Waals surface area (Å²) in [5.74, 6) is 0. The maximum absolute atomic E-state index is 5.36. The summed E-state index contributed by atoms with van der Waals surface area (Å²) in [7, 11) is 0. The van der Waals surface area contributed by atoms with Crippen molar-refractivity contribution >= 4 is 28.4 Å². The maximum Gasteiger partial charge on any atom is 0.0313 e. The van der Waals surface area contributed by atoms with Gasteiger partial charge in [0.1, 0.15) is 0 Å². The van der Waals surface area contributed by atoms with Gasteiger partial charge in [0, 0.05) is 28.4 Å². The molecule has 0 spiro atoms. The first-order valence-electron chi connectivity index (χ1n) is 27.4. The van der Waals surface area contributed by atoms with Crippen molar-refractivity contribution in [2.24, 2.45) is 0 Å². The van der Waals surface area contributed by atoms with Crippen molar-refractivity contribution in [3.05, 3.63) is 189 Å². The normalized spacial score (nSPS) is 7.68. The van der Waals surface area contributed by atoms with Crippen LogP contribution in [0.2, 0.25) is 0 Å². The predicted molar refractivity (Wildman–Crippen MR) is 343 cm³/mol. The minimum absolute atomic E-state index is 0.822. The van der Waals surface area contributed by atoms with Crippen LogP contribution in [-0.2, 0) is 0 Å². The van der Waals surface area contributed by atoms with Gasteiger partial charge in [-0.2, -0.15) is 0 Å². The van der Waals surface area contributed by atoms with Crippen molar-refractivity contribution in [3.8, 4) is 0 Å². The second kappa shape index (κ2) is 110. The molecule has 0 saturated heterocycles. The molecular weight excluding hydrogens is 863 g/mol. The van der Waals surface area contributed by atoms with Gasteiger partial charge < -0.3 is 28.7 Å². The molecule has 5 aromatic rings. The van der Waals surface area contributed by atoms with Crippen molar-refractivity contribution in [2.45, 2.75) is 203 Å². The van der Waals surface area contributed by atoms with Crippen LogP contribution in [0.4, 0.5) is 28.4 Å². The molecule has 5 rings (SSSR count). The average molecular weight is 987 g/mol. The smallest absolute Gasteiger partial charge is 0.0313 e. The predicted octanol–water partition coefficient (Wildman–Crippen LogP) is 22.4. The second-order valence-electron chi connectivity index (χ2n) is 12.4. The van der Waals surface area contributed by atoms with Crippen LogP contribution in [0, 0.1) is 0 Å². The van der Waals surface area contributed by atoms with Gasteiger partial charge in [-0.3, -0.25) is 0 Å². The van der Waals surface area contributed by atoms with E-state index in [1.54, 1.807) is 0 Å². The van der Waals surface area contributed by atoms with Crippen molar-refractivity contribution in [3.63, 3.8) is 0 Å². The Balaban J connectivity index is -0.0000000614. The molecule has 5 heteroatoms. The number of nitrogen functional groups attached to an aromatic ring is 5. The molecule has 412 valence electrons. The van der Waals surface area contributed by atoms with Crippen molar-refractivity contribution in [2.75, 3.05) is 28.7 Å². The number of hydrogen-bond donors (Lipinski definition) is 5. The molecule has 0 bridgehead atoms. The van der Waals surface area contributed by atoms with Crippen LogP contribution in [0.5, 0.6) is 0 Å². The van der Waals surface area contributed by atoms with Crippen LogP contribution in [0.25, 0.3) is 0 Å². The molecule has 10 N–H and O–H groups in total. The summed E-state index contributed by atoms with van der Waals surface area (Å²) in [4.78, 5) is 0. The molecule has 0 fully saturated rings. The summed E-state index contributed by atoms with van der Waals surface area (Å²) >= 11 is 0. The zero-order chi connectivity index (χ0) is 57.5. The van der Waals surface area contributed by atoms with E-state index in [1.165, 1.54) is 38.5 Å². The number of allylic oxidation sites excluding steroid dienone is 5. The van der Waals surface area contributed by atoms with E-state index in [-0.39, 0.29) is 0 Å². The third-order valence-electron chi connectivity index (χ3n) is 6.64. The van der Waals surface area contributed by atoms with Gasteiger partial charge in [-0.1, -0.05) is 291 Å². The van der Waals surface area contributed by atoms with E-state index in [4.69, 9.17) is 28.7 Å². The summed E-state index contributed by atoms with van der Waals surface area (Å²) in [6.45, 7) is 46.7. The first kappa shape index (κ1) is 91.6. The van der Waals surface area contributed by atoms with E-state index in [2.05, 4.69) is 79.3 Å². The standard InChI is InChI=1S/5C6H7N.2C5H12.2C5H10.C4H8.6C2H6/c5*7-6-4-2-1-3-5-6;4*1-3-5-4-2;1-3-4-2;6*1-2/h5*1-5H,7H2;2*3-5H2,1-2H3;2*3,5H,4H2,1-2H3;3H,1,4H2,2H3;6*1-2H3/b;;;;;;;2*5-3+;;;;;;;. The number of nitrogens with two attached hydrogens (primary N) is 5. The van der Waals surface area contributed by atoms with E-state index in [1.807, 2.05) is 255 Å². The highest BCUT2D eigenvalue weighted by Crippen LogP contribution is 1.98. The third-order valence-corrected chi connectivity index (χ3v) is 6.64. The first-order valence-corrected chi connectivity index (χ1v) is 27.4. The molecule has 0 aliphatic carbocycles. The molecule has 0 aromatic heterocycles. The Hall–Kier alpha value is -5.68.